The Bertz CT molecular complexity index is 790. The number of anilines is 1. The number of hydrogen-bond acceptors (Lipinski definition) is 4. The largest absolute Gasteiger partial charge is 0.497 e. The number of benzene rings is 1. The second-order valence-electron chi connectivity index (χ2n) is 6.40. The summed E-state index contributed by atoms with van der Waals surface area (Å²) in [6.07, 6.45) is 0.293. The third-order valence-corrected chi connectivity index (χ3v) is 4.03. The highest BCUT2D eigenvalue weighted by molar-refractivity contribution is 5.90. The zero-order valence-corrected chi connectivity index (χ0v) is 17.0. The zero-order valence-electron chi connectivity index (χ0n) is 17.0. The predicted octanol–water partition coefficient (Wildman–Crippen LogP) is 2.82. The molecule has 1 amide bonds. The van der Waals surface area contributed by atoms with Crippen LogP contribution >= 0.6 is 0 Å². The molecule has 2 N–H and O–H groups in total. The highest BCUT2D eigenvalue weighted by atomic mass is 16.5. The van der Waals surface area contributed by atoms with Crippen LogP contribution in [0.3, 0.4) is 0 Å². The van der Waals surface area contributed by atoms with Crippen LogP contribution < -0.4 is 15.4 Å². The Balaban J connectivity index is 1.90. The number of amides is 1. The molecule has 1 heterocycles. The van der Waals surface area contributed by atoms with Gasteiger partial charge in [0.05, 0.1) is 13.7 Å². The first-order chi connectivity index (χ1) is 13.5. The van der Waals surface area contributed by atoms with Crippen molar-refractivity contribution in [2.45, 2.75) is 26.8 Å². The summed E-state index contributed by atoms with van der Waals surface area (Å²) in [5.41, 5.74) is 2.02. The van der Waals surface area contributed by atoms with E-state index in [0.29, 0.717) is 25.3 Å². The number of aliphatic imine (C=N–C) groups is 1. The van der Waals surface area contributed by atoms with Crippen molar-refractivity contribution in [1.82, 2.24) is 15.2 Å². The number of nitrogens with zero attached hydrogens (tertiary/aromatic N) is 3. The van der Waals surface area contributed by atoms with Crippen LogP contribution in [0.1, 0.15) is 24.6 Å². The number of hydrogen-bond donors (Lipinski definition) is 2. The van der Waals surface area contributed by atoms with E-state index in [-0.39, 0.29) is 5.91 Å². The molecule has 7 heteroatoms. The summed E-state index contributed by atoms with van der Waals surface area (Å²) in [5.74, 6) is 2.06. The molecule has 0 saturated carbocycles. The average molecular weight is 383 g/mol. The zero-order chi connectivity index (χ0) is 20.4. The fourth-order valence-corrected chi connectivity index (χ4v) is 2.63. The van der Waals surface area contributed by atoms with E-state index >= 15 is 0 Å². The predicted molar refractivity (Wildman–Crippen MR) is 113 cm³/mol. The SMILES string of the molecule is CCNC(=NCCC(=O)Nc1cccc(C)n1)N(C)Cc1ccc(OC)cc1. The van der Waals surface area contributed by atoms with Crippen molar-refractivity contribution in [2.75, 3.05) is 32.6 Å². The first-order valence-corrected chi connectivity index (χ1v) is 9.37. The number of pyridine rings is 1. The van der Waals surface area contributed by atoms with Crippen LogP contribution in [0.4, 0.5) is 5.82 Å². The lowest BCUT2D eigenvalue weighted by Crippen LogP contribution is -2.38. The highest BCUT2D eigenvalue weighted by Gasteiger charge is 2.08. The highest BCUT2D eigenvalue weighted by Crippen LogP contribution is 2.12. The Labute approximate surface area is 166 Å². The molecule has 2 rings (SSSR count). The molecule has 0 aliphatic carbocycles. The Morgan fingerprint density at radius 1 is 1.21 bits per heavy atom. The van der Waals surface area contributed by atoms with Crippen LogP contribution in [-0.2, 0) is 11.3 Å². The van der Waals surface area contributed by atoms with Crippen molar-refractivity contribution in [2.24, 2.45) is 4.99 Å². The minimum absolute atomic E-state index is 0.101. The summed E-state index contributed by atoms with van der Waals surface area (Å²) in [7, 11) is 3.63. The van der Waals surface area contributed by atoms with E-state index in [1.807, 2.05) is 62.2 Å². The van der Waals surface area contributed by atoms with Gasteiger partial charge in [0.25, 0.3) is 0 Å². The van der Waals surface area contributed by atoms with Gasteiger partial charge in [0.2, 0.25) is 5.91 Å². The maximum atomic E-state index is 12.1. The molecule has 0 aliphatic heterocycles. The smallest absolute Gasteiger partial charge is 0.227 e. The number of aryl methyl sites for hydroxylation is 1. The van der Waals surface area contributed by atoms with Gasteiger partial charge in [-0.3, -0.25) is 9.79 Å². The summed E-state index contributed by atoms with van der Waals surface area (Å²) in [4.78, 5) is 23.0. The third kappa shape index (κ3) is 6.90. The molecule has 0 spiro atoms. The molecule has 150 valence electrons. The molecule has 1 aromatic carbocycles. The molecular formula is C21H29N5O2. The van der Waals surface area contributed by atoms with Crippen LogP contribution in [-0.4, -0.2) is 49.0 Å². The number of methoxy groups -OCH3 is 1. The van der Waals surface area contributed by atoms with Gasteiger partial charge in [-0.25, -0.2) is 4.98 Å². The fraction of sp³-hybridized carbons (Fsp3) is 0.381. The first-order valence-electron chi connectivity index (χ1n) is 9.37. The Morgan fingerprint density at radius 3 is 2.61 bits per heavy atom. The van der Waals surface area contributed by atoms with Crippen LogP contribution in [0, 0.1) is 6.92 Å². The van der Waals surface area contributed by atoms with Crippen LogP contribution in [0.15, 0.2) is 47.5 Å². The van der Waals surface area contributed by atoms with Gasteiger partial charge in [0, 0.05) is 32.3 Å². The minimum Gasteiger partial charge on any atom is -0.497 e. The minimum atomic E-state index is -0.101. The maximum Gasteiger partial charge on any atom is 0.227 e. The van der Waals surface area contributed by atoms with Gasteiger partial charge in [-0.15, -0.1) is 0 Å². The van der Waals surface area contributed by atoms with E-state index in [4.69, 9.17) is 4.74 Å². The second-order valence-corrected chi connectivity index (χ2v) is 6.40. The monoisotopic (exact) mass is 383 g/mol. The van der Waals surface area contributed by atoms with Gasteiger partial charge in [0.15, 0.2) is 5.96 Å². The van der Waals surface area contributed by atoms with E-state index in [1.54, 1.807) is 13.2 Å². The summed E-state index contributed by atoms with van der Waals surface area (Å²) in [6, 6.07) is 13.5. The number of ether oxygens (including phenoxy) is 1. The number of aromatic nitrogens is 1. The van der Waals surface area contributed by atoms with Crippen molar-refractivity contribution in [3.63, 3.8) is 0 Å². The molecule has 0 bridgehead atoms. The molecular weight excluding hydrogens is 354 g/mol. The molecule has 1 aromatic heterocycles. The number of carbonyl (C=O) groups is 1. The van der Waals surface area contributed by atoms with Gasteiger partial charge < -0.3 is 20.3 Å². The van der Waals surface area contributed by atoms with Crippen molar-refractivity contribution in [1.29, 1.82) is 0 Å². The van der Waals surface area contributed by atoms with Crippen LogP contribution in [0.2, 0.25) is 0 Å². The van der Waals surface area contributed by atoms with Gasteiger partial charge in [-0.05, 0) is 43.7 Å². The lowest BCUT2D eigenvalue weighted by Gasteiger charge is -2.22. The van der Waals surface area contributed by atoms with Gasteiger partial charge in [0.1, 0.15) is 11.6 Å². The summed E-state index contributed by atoms with van der Waals surface area (Å²) >= 11 is 0. The molecule has 0 radical (unpaired) electrons. The quantitative estimate of drug-likeness (QED) is 0.541. The Kier molecular flexibility index (Phi) is 8.27. The average Bonchev–Trinajstić information content (AvgIpc) is 2.68. The van der Waals surface area contributed by atoms with Gasteiger partial charge in [-0.2, -0.15) is 0 Å². The standard InChI is InChI=1S/C21H29N5O2/c1-5-22-21(26(3)15-17-9-11-18(28-4)12-10-17)23-14-13-20(27)25-19-8-6-7-16(2)24-19/h6-12H,5,13-15H2,1-4H3,(H,22,23)(H,24,25,27). The fourth-order valence-electron chi connectivity index (χ4n) is 2.63. The van der Waals surface area contributed by atoms with Gasteiger partial charge >= 0.3 is 0 Å². The van der Waals surface area contributed by atoms with E-state index in [0.717, 1.165) is 29.5 Å². The summed E-state index contributed by atoms with van der Waals surface area (Å²) in [6.45, 7) is 5.77. The van der Waals surface area contributed by atoms with Gasteiger partial charge in [-0.1, -0.05) is 18.2 Å². The van der Waals surface area contributed by atoms with Crippen molar-refractivity contribution >= 4 is 17.7 Å². The number of nitrogens with one attached hydrogen (secondary N) is 2. The maximum absolute atomic E-state index is 12.1. The van der Waals surface area contributed by atoms with E-state index in [2.05, 4.69) is 20.6 Å². The molecule has 0 fully saturated rings. The van der Waals surface area contributed by atoms with Crippen molar-refractivity contribution in [3.05, 3.63) is 53.7 Å². The molecule has 2 aromatic rings. The third-order valence-electron chi connectivity index (χ3n) is 4.03. The molecule has 0 aliphatic rings. The van der Waals surface area contributed by atoms with Crippen LogP contribution in [0.5, 0.6) is 5.75 Å². The Morgan fingerprint density at radius 2 is 1.96 bits per heavy atom. The summed E-state index contributed by atoms with van der Waals surface area (Å²) in [5, 5.41) is 6.07. The van der Waals surface area contributed by atoms with Crippen LogP contribution in [0.25, 0.3) is 0 Å². The van der Waals surface area contributed by atoms with E-state index in [9.17, 15) is 4.79 Å². The molecule has 28 heavy (non-hydrogen) atoms. The van der Waals surface area contributed by atoms with E-state index in [1.165, 1.54) is 0 Å². The number of rotatable bonds is 8. The van der Waals surface area contributed by atoms with E-state index < -0.39 is 0 Å². The number of guanidine groups is 1. The topological polar surface area (TPSA) is 78.8 Å². The molecule has 0 unspecified atom stereocenters. The first kappa shape index (κ1) is 21.2. The molecule has 7 nitrogen and oxygen atoms in total. The normalized spacial score (nSPS) is 11.1. The number of carbonyl (C=O) groups excluding carboxylic acids is 1. The lowest BCUT2D eigenvalue weighted by molar-refractivity contribution is -0.116. The summed E-state index contributed by atoms with van der Waals surface area (Å²) < 4.78 is 5.19. The van der Waals surface area contributed by atoms with Crippen molar-refractivity contribution < 1.29 is 9.53 Å². The van der Waals surface area contributed by atoms with Crippen molar-refractivity contribution in [3.8, 4) is 5.75 Å². The molecule has 0 atom stereocenters. The second kappa shape index (κ2) is 10.9. The molecule has 0 saturated heterocycles. The Hall–Kier alpha value is -3.09. The lowest BCUT2D eigenvalue weighted by atomic mass is 10.2.